The topological polar surface area (TPSA) is 68.5 Å². The first-order chi connectivity index (χ1) is 11.8. The van der Waals surface area contributed by atoms with Crippen molar-refractivity contribution in [2.45, 2.75) is 53.0 Å². The molecule has 5 heteroatoms. The van der Waals surface area contributed by atoms with Gasteiger partial charge in [0.25, 0.3) is 5.91 Å². The monoisotopic (exact) mass is 345 g/mol. The minimum Gasteiger partial charge on any atom is -0.484 e. The Bertz CT molecular complexity index is 779. The number of rotatable bonds is 8. The minimum absolute atomic E-state index is 0.0594. The number of aryl methyl sites for hydroxylation is 1. The van der Waals surface area contributed by atoms with E-state index in [-0.39, 0.29) is 18.6 Å². The van der Waals surface area contributed by atoms with E-state index < -0.39 is 5.63 Å². The average Bonchev–Trinajstić information content (AvgIpc) is 2.52. The van der Waals surface area contributed by atoms with E-state index in [1.54, 1.807) is 12.1 Å². The molecule has 1 aromatic carbocycles. The van der Waals surface area contributed by atoms with Crippen molar-refractivity contribution in [3.8, 4) is 5.75 Å². The molecule has 0 aliphatic carbocycles. The van der Waals surface area contributed by atoms with E-state index in [4.69, 9.17) is 9.15 Å². The van der Waals surface area contributed by atoms with E-state index in [1.165, 1.54) is 12.5 Å². The van der Waals surface area contributed by atoms with Crippen LogP contribution < -0.4 is 15.7 Å². The quantitative estimate of drug-likeness (QED) is 0.739. The van der Waals surface area contributed by atoms with Gasteiger partial charge in [0, 0.05) is 23.6 Å². The van der Waals surface area contributed by atoms with Crippen LogP contribution in [0.1, 0.15) is 45.6 Å². The Kier molecular flexibility index (Phi) is 6.62. The van der Waals surface area contributed by atoms with E-state index in [9.17, 15) is 9.59 Å². The summed E-state index contributed by atoms with van der Waals surface area (Å²) < 4.78 is 10.7. The van der Waals surface area contributed by atoms with E-state index in [1.807, 2.05) is 19.9 Å². The van der Waals surface area contributed by atoms with Crippen LogP contribution in [0, 0.1) is 12.8 Å². The summed E-state index contributed by atoms with van der Waals surface area (Å²) in [6.45, 7) is 8.20. The van der Waals surface area contributed by atoms with Gasteiger partial charge in [-0.1, -0.05) is 26.7 Å². The molecular weight excluding hydrogens is 318 g/mol. The molecule has 2 aromatic rings. The predicted octanol–water partition coefficient (Wildman–Crippen LogP) is 3.81. The normalized spacial score (nSPS) is 12.4. The van der Waals surface area contributed by atoms with Crippen molar-refractivity contribution in [3.63, 3.8) is 0 Å². The molecular formula is C20H27NO4. The van der Waals surface area contributed by atoms with Crippen LogP contribution in [-0.4, -0.2) is 18.6 Å². The second-order valence-electron chi connectivity index (χ2n) is 6.99. The Morgan fingerprint density at radius 2 is 1.96 bits per heavy atom. The number of carbonyl (C=O) groups excluding carboxylic acids is 1. The molecule has 5 nitrogen and oxygen atoms in total. The summed E-state index contributed by atoms with van der Waals surface area (Å²) >= 11 is 0. The van der Waals surface area contributed by atoms with Gasteiger partial charge in [-0.25, -0.2) is 4.79 Å². The van der Waals surface area contributed by atoms with Gasteiger partial charge in [0.2, 0.25) is 0 Å². The zero-order valence-electron chi connectivity index (χ0n) is 15.4. The van der Waals surface area contributed by atoms with E-state index in [2.05, 4.69) is 19.2 Å². The first-order valence-electron chi connectivity index (χ1n) is 8.82. The lowest BCUT2D eigenvalue weighted by molar-refractivity contribution is -0.123. The molecule has 2 rings (SSSR count). The van der Waals surface area contributed by atoms with Crippen molar-refractivity contribution in [2.24, 2.45) is 5.92 Å². The minimum atomic E-state index is -0.393. The van der Waals surface area contributed by atoms with Crippen LogP contribution >= 0.6 is 0 Å². The molecule has 0 spiro atoms. The number of ether oxygens (including phenoxy) is 1. The molecule has 0 aliphatic heterocycles. The van der Waals surface area contributed by atoms with Crippen LogP contribution in [0.3, 0.4) is 0 Å². The van der Waals surface area contributed by atoms with Crippen molar-refractivity contribution in [1.29, 1.82) is 0 Å². The number of amides is 1. The molecule has 136 valence electrons. The highest BCUT2D eigenvalue weighted by Crippen LogP contribution is 2.22. The summed E-state index contributed by atoms with van der Waals surface area (Å²) in [6, 6.07) is 6.83. The van der Waals surface area contributed by atoms with E-state index >= 15 is 0 Å². The third-order valence-electron chi connectivity index (χ3n) is 4.12. The first kappa shape index (κ1) is 19.0. The molecule has 0 bridgehead atoms. The summed E-state index contributed by atoms with van der Waals surface area (Å²) in [5.74, 6) is 1.04. The molecule has 1 amide bonds. The molecule has 0 aliphatic rings. The van der Waals surface area contributed by atoms with Crippen LogP contribution in [0.4, 0.5) is 0 Å². The van der Waals surface area contributed by atoms with Gasteiger partial charge in [0.15, 0.2) is 6.61 Å². The Hall–Kier alpha value is -2.30. The predicted molar refractivity (Wildman–Crippen MR) is 99.0 cm³/mol. The molecule has 25 heavy (non-hydrogen) atoms. The maximum atomic E-state index is 12.0. The van der Waals surface area contributed by atoms with Crippen LogP contribution in [0.2, 0.25) is 0 Å². The molecule has 0 saturated carbocycles. The summed E-state index contributed by atoms with van der Waals surface area (Å²) in [6.07, 6.45) is 3.23. The van der Waals surface area contributed by atoms with Crippen molar-refractivity contribution >= 4 is 16.9 Å². The van der Waals surface area contributed by atoms with Crippen LogP contribution in [0.25, 0.3) is 11.0 Å². The van der Waals surface area contributed by atoms with Gasteiger partial charge in [0.05, 0.1) is 0 Å². The molecule has 0 radical (unpaired) electrons. The largest absolute Gasteiger partial charge is 0.484 e. The lowest BCUT2D eigenvalue weighted by Gasteiger charge is -2.15. The second kappa shape index (κ2) is 8.70. The standard InChI is InChI=1S/C20H27NO4/c1-13(2)6-5-7-15(4)21-19(22)12-24-16-8-9-17-14(3)10-20(23)25-18(17)11-16/h8-11,13,15H,5-7,12H2,1-4H3,(H,21,22)/t15-/m0/s1. The van der Waals surface area contributed by atoms with Crippen LogP contribution in [0.15, 0.2) is 33.5 Å². The van der Waals surface area contributed by atoms with Crippen molar-refractivity contribution < 1.29 is 13.9 Å². The number of hydrogen-bond donors (Lipinski definition) is 1. The Morgan fingerprint density at radius 3 is 2.68 bits per heavy atom. The van der Waals surface area contributed by atoms with Gasteiger partial charge in [-0.3, -0.25) is 4.79 Å². The maximum absolute atomic E-state index is 12.0. The maximum Gasteiger partial charge on any atom is 0.336 e. The summed E-state index contributed by atoms with van der Waals surface area (Å²) in [5.41, 5.74) is 0.922. The zero-order valence-corrected chi connectivity index (χ0v) is 15.4. The lowest BCUT2D eigenvalue weighted by atomic mass is 10.0. The molecule has 0 fully saturated rings. The SMILES string of the molecule is Cc1cc(=O)oc2cc(OCC(=O)N[C@@H](C)CCCC(C)C)ccc12. The fourth-order valence-corrected chi connectivity index (χ4v) is 2.76. The third-order valence-corrected chi connectivity index (χ3v) is 4.12. The molecule has 1 aromatic heterocycles. The number of hydrogen-bond acceptors (Lipinski definition) is 4. The average molecular weight is 345 g/mol. The van der Waals surface area contributed by atoms with Gasteiger partial charge < -0.3 is 14.5 Å². The molecule has 0 saturated heterocycles. The third kappa shape index (κ3) is 5.93. The Morgan fingerprint density at radius 1 is 1.20 bits per heavy atom. The number of fused-ring (bicyclic) bond motifs is 1. The fourth-order valence-electron chi connectivity index (χ4n) is 2.76. The Labute approximate surface area is 148 Å². The smallest absolute Gasteiger partial charge is 0.336 e. The highest BCUT2D eigenvalue weighted by molar-refractivity contribution is 5.81. The van der Waals surface area contributed by atoms with Gasteiger partial charge in [-0.2, -0.15) is 0 Å². The second-order valence-corrected chi connectivity index (χ2v) is 6.99. The molecule has 1 heterocycles. The van der Waals surface area contributed by atoms with Crippen molar-refractivity contribution in [2.75, 3.05) is 6.61 Å². The van der Waals surface area contributed by atoms with Crippen molar-refractivity contribution in [3.05, 3.63) is 40.2 Å². The van der Waals surface area contributed by atoms with Gasteiger partial charge in [-0.05, 0) is 43.9 Å². The van der Waals surface area contributed by atoms with Gasteiger partial charge >= 0.3 is 5.63 Å². The fraction of sp³-hybridized carbons (Fsp3) is 0.500. The van der Waals surface area contributed by atoms with Crippen LogP contribution in [0.5, 0.6) is 5.75 Å². The van der Waals surface area contributed by atoms with E-state index in [0.717, 1.165) is 23.8 Å². The summed E-state index contributed by atoms with van der Waals surface area (Å²) in [5, 5.41) is 3.80. The number of nitrogens with one attached hydrogen (secondary N) is 1. The molecule has 1 N–H and O–H groups in total. The van der Waals surface area contributed by atoms with Crippen LogP contribution in [-0.2, 0) is 4.79 Å². The Balaban J connectivity index is 1.87. The summed E-state index contributed by atoms with van der Waals surface area (Å²) in [7, 11) is 0. The van der Waals surface area contributed by atoms with Gasteiger partial charge in [-0.15, -0.1) is 0 Å². The number of benzene rings is 1. The first-order valence-corrected chi connectivity index (χ1v) is 8.82. The zero-order chi connectivity index (χ0) is 18.4. The molecule has 0 unspecified atom stereocenters. The number of carbonyl (C=O) groups is 1. The highest BCUT2D eigenvalue weighted by atomic mass is 16.5. The highest BCUT2D eigenvalue weighted by Gasteiger charge is 2.09. The summed E-state index contributed by atoms with van der Waals surface area (Å²) in [4.78, 5) is 23.4. The van der Waals surface area contributed by atoms with Crippen molar-refractivity contribution in [1.82, 2.24) is 5.32 Å². The lowest BCUT2D eigenvalue weighted by Crippen LogP contribution is -2.36. The molecule has 1 atom stereocenters. The van der Waals surface area contributed by atoms with E-state index in [0.29, 0.717) is 17.3 Å². The van der Waals surface area contributed by atoms with Gasteiger partial charge in [0.1, 0.15) is 11.3 Å².